The zero-order chi connectivity index (χ0) is 20.5. The van der Waals surface area contributed by atoms with Crippen LogP contribution in [0.5, 0.6) is 5.75 Å². The van der Waals surface area contributed by atoms with Crippen molar-refractivity contribution in [3.05, 3.63) is 58.1 Å². The number of carbonyl (C=O) groups excluding carboxylic acids is 3. The number of benzene rings is 2. The fourth-order valence-corrected chi connectivity index (χ4v) is 4.13. The van der Waals surface area contributed by atoms with Gasteiger partial charge in [-0.25, -0.2) is 0 Å². The zero-order valence-corrected chi connectivity index (χ0v) is 17.4. The van der Waals surface area contributed by atoms with Gasteiger partial charge in [0.25, 0.3) is 11.8 Å². The minimum atomic E-state index is -0.622. The third-order valence-electron chi connectivity index (χ3n) is 5.32. The lowest BCUT2D eigenvalue weighted by atomic mass is 9.95. The van der Waals surface area contributed by atoms with Gasteiger partial charge in [0.2, 0.25) is 5.91 Å². The van der Waals surface area contributed by atoms with Gasteiger partial charge in [-0.3, -0.25) is 14.4 Å². The van der Waals surface area contributed by atoms with Crippen LogP contribution in [0.2, 0.25) is 0 Å². The SMILES string of the molecule is COc1ccc(C(=O)N[C@@H]2CCN3C(=O)c4cc(Br)ccc4NC(=O)[C@@H]3C2)cc1. The lowest BCUT2D eigenvalue weighted by molar-refractivity contribution is -0.121. The smallest absolute Gasteiger partial charge is 0.256 e. The van der Waals surface area contributed by atoms with E-state index in [0.717, 1.165) is 4.47 Å². The van der Waals surface area contributed by atoms with E-state index in [9.17, 15) is 14.4 Å². The second-order valence-electron chi connectivity index (χ2n) is 7.12. The minimum absolute atomic E-state index is 0.176. The number of ether oxygens (including phenoxy) is 1. The van der Waals surface area contributed by atoms with E-state index in [-0.39, 0.29) is 23.8 Å². The summed E-state index contributed by atoms with van der Waals surface area (Å²) >= 11 is 3.38. The molecular weight excluding hydrogens is 438 g/mol. The van der Waals surface area contributed by atoms with Crippen molar-refractivity contribution >= 4 is 39.3 Å². The van der Waals surface area contributed by atoms with E-state index in [1.165, 1.54) is 0 Å². The van der Waals surface area contributed by atoms with E-state index in [4.69, 9.17) is 4.74 Å². The first-order chi connectivity index (χ1) is 14.0. The summed E-state index contributed by atoms with van der Waals surface area (Å²) in [6, 6.07) is 11.2. The average Bonchev–Trinajstić information content (AvgIpc) is 2.83. The summed E-state index contributed by atoms with van der Waals surface area (Å²) in [4.78, 5) is 39.9. The lowest BCUT2D eigenvalue weighted by Gasteiger charge is -2.37. The van der Waals surface area contributed by atoms with E-state index in [1.807, 2.05) is 0 Å². The van der Waals surface area contributed by atoms with Gasteiger partial charge in [-0.05, 0) is 55.3 Å². The van der Waals surface area contributed by atoms with Crippen molar-refractivity contribution in [2.24, 2.45) is 0 Å². The normalized spacial score (nSPS) is 20.8. The molecule has 2 atom stereocenters. The second-order valence-corrected chi connectivity index (χ2v) is 8.03. The van der Waals surface area contributed by atoms with Crippen molar-refractivity contribution in [3.63, 3.8) is 0 Å². The van der Waals surface area contributed by atoms with Gasteiger partial charge in [0.15, 0.2) is 0 Å². The molecule has 0 aliphatic carbocycles. The number of methoxy groups -OCH3 is 1. The Bertz CT molecular complexity index is 976. The van der Waals surface area contributed by atoms with Crippen molar-refractivity contribution in [2.75, 3.05) is 19.0 Å². The zero-order valence-electron chi connectivity index (χ0n) is 15.8. The van der Waals surface area contributed by atoms with E-state index in [0.29, 0.717) is 42.0 Å². The van der Waals surface area contributed by atoms with Crippen molar-refractivity contribution in [1.29, 1.82) is 0 Å². The third kappa shape index (κ3) is 3.85. The van der Waals surface area contributed by atoms with E-state index in [1.54, 1.807) is 54.5 Å². The maximum Gasteiger partial charge on any atom is 0.256 e. The predicted molar refractivity (Wildman–Crippen MR) is 111 cm³/mol. The highest BCUT2D eigenvalue weighted by atomic mass is 79.9. The Labute approximate surface area is 176 Å². The summed E-state index contributed by atoms with van der Waals surface area (Å²) < 4.78 is 5.89. The number of amides is 3. The van der Waals surface area contributed by atoms with Crippen LogP contribution in [0.25, 0.3) is 0 Å². The van der Waals surface area contributed by atoms with E-state index < -0.39 is 6.04 Å². The van der Waals surface area contributed by atoms with Crippen molar-refractivity contribution in [3.8, 4) is 5.75 Å². The van der Waals surface area contributed by atoms with Gasteiger partial charge >= 0.3 is 0 Å². The van der Waals surface area contributed by atoms with Gasteiger partial charge in [-0.15, -0.1) is 0 Å². The molecule has 7 nitrogen and oxygen atoms in total. The number of nitrogens with one attached hydrogen (secondary N) is 2. The molecule has 0 saturated carbocycles. The van der Waals surface area contributed by atoms with Gasteiger partial charge in [0, 0.05) is 22.6 Å². The molecule has 2 heterocycles. The molecule has 0 aromatic heterocycles. The Morgan fingerprint density at radius 2 is 1.97 bits per heavy atom. The van der Waals surface area contributed by atoms with Crippen LogP contribution in [-0.2, 0) is 4.79 Å². The molecule has 1 fully saturated rings. The van der Waals surface area contributed by atoms with Crippen molar-refractivity contribution in [1.82, 2.24) is 10.2 Å². The number of nitrogens with zero attached hydrogens (tertiary/aromatic N) is 1. The number of carbonyl (C=O) groups is 3. The Balaban J connectivity index is 1.49. The number of piperidine rings is 1. The van der Waals surface area contributed by atoms with Crippen LogP contribution in [0.1, 0.15) is 33.6 Å². The van der Waals surface area contributed by atoms with E-state index >= 15 is 0 Å². The fourth-order valence-electron chi connectivity index (χ4n) is 3.77. The van der Waals surface area contributed by atoms with Crippen LogP contribution in [0.4, 0.5) is 5.69 Å². The monoisotopic (exact) mass is 457 g/mol. The summed E-state index contributed by atoms with van der Waals surface area (Å²) in [6.45, 7) is 0.399. The first kappa shape index (κ1) is 19.4. The van der Waals surface area contributed by atoms with Crippen LogP contribution < -0.4 is 15.4 Å². The molecule has 2 aromatic rings. The maximum absolute atomic E-state index is 13.0. The summed E-state index contributed by atoms with van der Waals surface area (Å²) in [5, 5.41) is 5.84. The summed E-state index contributed by atoms with van der Waals surface area (Å²) in [6.07, 6.45) is 0.954. The van der Waals surface area contributed by atoms with Gasteiger partial charge in [-0.1, -0.05) is 15.9 Å². The molecule has 150 valence electrons. The molecule has 8 heteroatoms. The summed E-state index contributed by atoms with van der Waals surface area (Å²) in [5.41, 5.74) is 1.50. The molecule has 2 aliphatic heterocycles. The molecule has 1 saturated heterocycles. The molecule has 4 rings (SSSR count). The first-order valence-corrected chi connectivity index (χ1v) is 10.1. The Morgan fingerprint density at radius 3 is 2.69 bits per heavy atom. The third-order valence-corrected chi connectivity index (χ3v) is 5.82. The van der Waals surface area contributed by atoms with E-state index in [2.05, 4.69) is 26.6 Å². The Kier molecular flexibility index (Phi) is 5.27. The molecule has 0 spiro atoms. The average molecular weight is 458 g/mol. The number of halogens is 1. The van der Waals surface area contributed by atoms with Crippen molar-refractivity contribution in [2.45, 2.75) is 24.9 Å². The van der Waals surface area contributed by atoms with Gasteiger partial charge in [-0.2, -0.15) is 0 Å². The second kappa shape index (κ2) is 7.87. The minimum Gasteiger partial charge on any atom is -0.497 e. The molecule has 3 amide bonds. The van der Waals surface area contributed by atoms with Crippen LogP contribution in [-0.4, -0.2) is 48.4 Å². The molecule has 2 N–H and O–H groups in total. The summed E-state index contributed by atoms with van der Waals surface area (Å²) in [5.74, 6) is 0.0563. The highest BCUT2D eigenvalue weighted by Crippen LogP contribution is 2.30. The molecule has 0 radical (unpaired) electrons. The first-order valence-electron chi connectivity index (χ1n) is 9.32. The van der Waals surface area contributed by atoms with Crippen LogP contribution in [0.15, 0.2) is 46.9 Å². The molecule has 2 aliphatic rings. The summed E-state index contributed by atoms with van der Waals surface area (Å²) in [7, 11) is 1.57. The van der Waals surface area contributed by atoms with Crippen LogP contribution in [0, 0.1) is 0 Å². The number of fused-ring (bicyclic) bond motifs is 2. The Hall–Kier alpha value is -2.87. The molecule has 0 bridgehead atoms. The Morgan fingerprint density at radius 1 is 1.21 bits per heavy atom. The van der Waals surface area contributed by atoms with Crippen LogP contribution in [0.3, 0.4) is 0 Å². The molecule has 0 unspecified atom stereocenters. The number of rotatable bonds is 3. The van der Waals surface area contributed by atoms with Gasteiger partial charge in [0.05, 0.1) is 18.4 Å². The van der Waals surface area contributed by atoms with Crippen molar-refractivity contribution < 1.29 is 19.1 Å². The fraction of sp³-hybridized carbons (Fsp3) is 0.286. The molecule has 29 heavy (non-hydrogen) atoms. The topological polar surface area (TPSA) is 87.7 Å². The molecular formula is C21H20BrN3O4. The van der Waals surface area contributed by atoms with Gasteiger partial charge < -0.3 is 20.3 Å². The molecule has 2 aromatic carbocycles. The lowest BCUT2D eigenvalue weighted by Crippen LogP contribution is -2.55. The number of hydrogen-bond acceptors (Lipinski definition) is 4. The van der Waals surface area contributed by atoms with Crippen LogP contribution >= 0.6 is 15.9 Å². The quantitative estimate of drug-likeness (QED) is 0.741. The maximum atomic E-state index is 13.0. The van der Waals surface area contributed by atoms with Gasteiger partial charge in [0.1, 0.15) is 11.8 Å². The standard InChI is InChI=1S/C21H20BrN3O4/c1-29-15-5-2-12(3-6-15)19(26)23-14-8-9-25-18(11-14)20(27)24-17-7-4-13(22)10-16(17)21(25)28/h2-7,10,14,18H,8-9,11H2,1H3,(H,23,26)(H,24,27)/t14-,18+/m1/s1. The predicted octanol–water partition coefficient (Wildman–Crippen LogP) is 2.81. The number of hydrogen-bond donors (Lipinski definition) is 2. The highest BCUT2D eigenvalue weighted by Gasteiger charge is 2.40. The number of anilines is 1. The highest BCUT2D eigenvalue weighted by molar-refractivity contribution is 9.10. The largest absolute Gasteiger partial charge is 0.497 e.